The van der Waals surface area contributed by atoms with Gasteiger partial charge in [0.15, 0.2) is 0 Å². The lowest BCUT2D eigenvalue weighted by Crippen LogP contribution is -2.40. The van der Waals surface area contributed by atoms with Gasteiger partial charge in [0, 0.05) is 6.54 Å². The molecule has 1 amide bonds. The van der Waals surface area contributed by atoms with Crippen molar-refractivity contribution in [1.82, 2.24) is 4.90 Å². The maximum Gasteiger partial charge on any atom is 0.337 e. The Morgan fingerprint density at radius 3 is 2.64 bits per heavy atom. The van der Waals surface area contributed by atoms with Crippen LogP contribution in [-0.2, 0) is 16.0 Å². The lowest BCUT2D eigenvalue weighted by molar-refractivity contribution is -0.129. The molecule has 1 atom stereocenters. The van der Waals surface area contributed by atoms with Gasteiger partial charge in [-0.05, 0) is 56.2 Å². The zero-order valence-electron chi connectivity index (χ0n) is 16.7. The monoisotopic (exact) mass is 405 g/mol. The number of carbonyl (C=O) groups excluding carboxylic acids is 2. The van der Waals surface area contributed by atoms with Gasteiger partial charge in [0.2, 0.25) is 5.91 Å². The first-order valence-corrected chi connectivity index (χ1v) is 11.4. The number of hydrogen-bond donors (Lipinski definition) is 1. The van der Waals surface area contributed by atoms with Crippen LogP contribution in [0, 0.1) is 0 Å². The molecule has 0 radical (unpaired) electrons. The van der Waals surface area contributed by atoms with Gasteiger partial charge in [0.1, 0.15) is 0 Å². The fourth-order valence-corrected chi connectivity index (χ4v) is 5.44. The summed E-state index contributed by atoms with van der Waals surface area (Å²) < 4.78 is 4.72. The van der Waals surface area contributed by atoms with E-state index in [0.29, 0.717) is 24.3 Å². The molecule has 1 aromatic rings. The fourth-order valence-electron chi connectivity index (χ4n) is 4.20. The second-order valence-electron chi connectivity index (χ2n) is 7.97. The van der Waals surface area contributed by atoms with Gasteiger partial charge in [-0.2, -0.15) is 0 Å². The Kier molecular flexibility index (Phi) is 7.41. The quantitative estimate of drug-likeness (QED) is 0.667. The van der Waals surface area contributed by atoms with E-state index in [1.807, 2.05) is 17.0 Å². The highest BCUT2D eigenvalue weighted by atomic mass is 32.2. The zero-order chi connectivity index (χ0) is 20.0. The van der Waals surface area contributed by atoms with Crippen LogP contribution in [0.4, 0.5) is 0 Å². The summed E-state index contributed by atoms with van der Waals surface area (Å²) in [5.41, 5.74) is 1.18. The lowest BCUT2D eigenvalue weighted by Gasteiger charge is -2.34. The Hall–Kier alpha value is -1.53. The van der Waals surface area contributed by atoms with Crippen molar-refractivity contribution in [2.45, 2.75) is 68.8 Å². The SMILES string of the molecule is COC(=O)c1ccc(CCCC2SCC(=O)N2CCC2(O)CCCCC2)cc1. The van der Waals surface area contributed by atoms with Crippen LogP contribution in [0.25, 0.3) is 0 Å². The first-order valence-electron chi connectivity index (χ1n) is 10.3. The minimum Gasteiger partial charge on any atom is -0.465 e. The number of aryl methyl sites for hydroxylation is 1. The highest BCUT2D eigenvalue weighted by Crippen LogP contribution is 2.34. The van der Waals surface area contributed by atoms with Crippen LogP contribution in [0.3, 0.4) is 0 Å². The summed E-state index contributed by atoms with van der Waals surface area (Å²) in [6, 6.07) is 7.53. The third kappa shape index (κ3) is 5.51. The minimum absolute atomic E-state index is 0.205. The van der Waals surface area contributed by atoms with Crippen LogP contribution < -0.4 is 0 Å². The van der Waals surface area contributed by atoms with Gasteiger partial charge in [-0.25, -0.2) is 4.79 Å². The molecular formula is C22H31NO4S. The van der Waals surface area contributed by atoms with Gasteiger partial charge in [0.05, 0.1) is 29.4 Å². The average molecular weight is 406 g/mol. The highest BCUT2D eigenvalue weighted by molar-refractivity contribution is 8.00. The number of nitrogens with zero attached hydrogens (tertiary/aromatic N) is 1. The normalized spacial score (nSPS) is 21.7. The summed E-state index contributed by atoms with van der Waals surface area (Å²) in [5, 5.41) is 10.9. The molecule has 1 saturated heterocycles. The van der Waals surface area contributed by atoms with E-state index >= 15 is 0 Å². The number of esters is 1. The van der Waals surface area contributed by atoms with Crippen LogP contribution in [-0.4, -0.2) is 52.3 Å². The van der Waals surface area contributed by atoms with Gasteiger partial charge in [-0.3, -0.25) is 4.79 Å². The molecule has 1 saturated carbocycles. The fraction of sp³-hybridized carbons (Fsp3) is 0.636. The van der Waals surface area contributed by atoms with Crippen LogP contribution in [0.1, 0.15) is 67.3 Å². The first kappa shape index (κ1) is 21.2. The van der Waals surface area contributed by atoms with E-state index < -0.39 is 5.60 Å². The summed E-state index contributed by atoms with van der Waals surface area (Å²) in [6.07, 6.45) is 8.70. The molecule has 5 nitrogen and oxygen atoms in total. The van der Waals surface area contributed by atoms with Crippen molar-refractivity contribution in [2.75, 3.05) is 19.4 Å². The van der Waals surface area contributed by atoms with Crippen LogP contribution >= 0.6 is 11.8 Å². The number of amides is 1. The standard InChI is InChI=1S/C22H31NO4S/c1-27-21(25)18-10-8-17(9-11-18)6-5-7-20-23(19(24)16-28-20)15-14-22(26)12-3-2-4-13-22/h8-11,20,26H,2-7,12-16H2,1H3. The predicted molar refractivity (Wildman–Crippen MR) is 111 cm³/mol. The minimum atomic E-state index is -0.572. The smallest absolute Gasteiger partial charge is 0.337 e. The number of rotatable bonds is 8. The van der Waals surface area contributed by atoms with Crippen LogP contribution in [0.5, 0.6) is 0 Å². The number of thioether (sulfide) groups is 1. The molecular weight excluding hydrogens is 374 g/mol. The lowest BCUT2D eigenvalue weighted by atomic mass is 9.82. The third-order valence-corrected chi connectivity index (χ3v) is 7.25. The maximum atomic E-state index is 12.3. The molecule has 1 aromatic carbocycles. The van der Waals surface area contributed by atoms with Crippen LogP contribution in [0.2, 0.25) is 0 Å². The van der Waals surface area contributed by atoms with Gasteiger partial charge >= 0.3 is 5.97 Å². The van der Waals surface area contributed by atoms with Gasteiger partial charge in [-0.15, -0.1) is 11.8 Å². The summed E-state index contributed by atoms with van der Waals surface area (Å²) in [5.74, 6) is 0.441. The Balaban J connectivity index is 1.46. The van der Waals surface area contributed by atoms with Crippen molar-refractivity contribution in [3.05, 3.63) is 35.4 Å². The van der Waals surface area contributed by atoms with E-state index in [9.17, 15) is 14.7 Å². The van der Waals surface area contributed by atoms with Gasteiger partial charge in [0.25, 0.3) is 0 Å². The Morgan fingerprint density at radius 2 is 1.96 bits per heavy atom. The second kappa shape index (κ2) is 9.79. The van der Waals surface area contributed by atoms with Crippen molar-refractivity contribution in [3.8, 4) is 0 Å². The first-order chi connectivity index (χ1) is 13.5. The Bertz CT molecular complexity index is 670. The number of benzene rings is 1. The molecule has 3 rings (SSSR count). The predicted octanol–water partition coefficient (Wildman–Crippen LogP) is 3.78. The number of aliphatic hydroxyl groups is 1. The van der Waals surface area contributed by atoms with Crippen LogP contribution in [0.15, 0.2) is 24.3 Å². The molecule has 2 fully saturated rings. The zero-order valence-corrected chi connectivity index (χ0v) is 17.5. The topological polar surface area (TPSA) is 66.8 Å². The molecule has 154 valence electrons. The second-order valence-corrected chi connectivity index (χ2v) is 9.13. The van der Waals surface area contributed by atoms with E-state index in [2.05, 4.69) is 0 Å². The molecule has 6 heteroatoms. The Labute approximate surface area is 171 Å². The van der Waals surface area contributed by atoms with Crippen molar-refractivity contribution in [1.29, 1.82) is 0 Å². The van der Waals surface area contributed by atoms with Crippen molar-refractivity contribution < 1.29 is 19.4 Å². The molecule has 1 aliphatic carbocycles. The van der Waals surface area contributed by atoms with Gasteiger partial charge in [-0.1, -0.05) is 31.4 Å². The summed E-state index contributed by atoms with van der Waals surface area (Å²) in [6.45, 7) is 0.667. The molecule has 1 aliphatic heterocycles. The molecule has 0 spiro atoms. The molecule has 1 heterocycles. The number of carbonyl (C=O) groups is 2. The van der Waals surface area contributed by atoms with E-state index in [0.717, 1.165) is 44.9 Å². The largest absolute Gasteiger partial charge is 0.465 e. The molecule has 1 N–H and O–H groups in total. The van der Waals surface area contributed by atoms with E-state index in [4.69, 9.17) is 4.74 Å². The third-order valence-electron chi connectivity index (χ3n) is 5.96. The summed E-state index contributed by atoms with van der Waals surface area (Å²) in [7, 11) is 1.38. The van der Waals surface area contributed by atoms with E-state index in [1.54, 1.807) is 23.9 Å². The number of methoxy groups -OCH3 is 1. The van der Waals surface area contributed by atoms with E-state index in [-0.39, 0.29) is 17.3 Å². The molecule has 2 aliphatic rings. The van der Waals surface area contributed by atoms with Crippen molar-refractivity contribution in [2.24, 2.45) is 0 Å². The van der Waals surface area contributed by atoms with Crippen molar-refractivity contribution >= 4 is 23.6 Å². The van der Waals surface area contributed by atoms with Gasteiger partial charge < -0.3 is 14.7 Å². The summed E-state index contributed by atoms with van der Waals surface area (Å²) in [4.78, 5) is 25.8. The molecule has 28 heavy (non-hydrogen) atoms. The number of hydrogen-bond acceptors (Lipinski definition) is 5. The highest BCUT2D eigenvalue weighted by Gasteiger charge is 2.35. The van der Waals surface area contributed by atoms with E-state index in [1.165, 1.54) is 19.1 Å². The molecule has 1 unspecified atom stereocenters. The maximum absolute atomic E-state index is 12.3. The summed E-state index contributed by atoms with van der Waals surface area (Å²) >= 11 is 1.72. The average Bonchev–Trinajstić information content (AvgIpc) is 3.06. The van der Waals surface area contributed by atoms with Crippen molar-refractivity contribution in [3.63, 3.8) is 0 Å². The molecule has 0 aromatic heterocycles. The molecule has 0 bridgehead atoms. The Morgan fingerprint density at radius 1 is 1.25 bits per heavy atom. The number of ether oxygens (including phenoxy) is 1.